The number of carbonyl (C=O) groups excluding carboxylic acids is 1. The maximum absolute atomic E-state index is 12.3. The Bertz CT molecular complexity index is 856. The van der Waals surface area contributed by atoms with E-state index in [1.165, 1.54) is 24.3 Å². The van der Waals surface area contributed by atoms with Gasteiger partial charge in [-0.2, -0.15) is 0 Å². The lowest BCUT2D eigenvalue weighted by atomic mass is 10.1. The first kappa shape index (κ1) is 18.4. The molecule has 0 radical (unpaired) electrons. The van der Waals surface area contributed by atoms with Gasteiger partial charge in [-0.25, -0.2) is 0 Å². The molecule has 0 amide bonds. The van der Waals surface area contributed by atoms with Gasteiger partial charge in [0.2, 0.25) is 0 Å². The monoisotopic (exact) mass is 388 g/mol. The second-order valence-corrected chi connectivity index (χ2v) is 7.15. The minimum atomic E-state index is -0.376. The number of anilines is 1. The molecule has 3 N–H and O–H groups in total. The van der Waals surface area contributed by atoms with E-state index in [0.717, 1.165) is 29.6 Å². The second-order valence-electron chi connectivity index (χ2n) is 5.66. The molecule has 0 aromatic heterocycles. The number of carbonyl (C=O) groups is 1. The Balaban J connectivity index is 1.67. The van der Waals surface area contributed by atoms with Crippen LogP contribution in [0.3, 0.4) is 0 Å². The van der Waals surface area contributed by atoms with Gasteiger partial charge < -0.3 is 15.5 Å². The summed E-state index contributed by atoms with van der Waals surface area (Å²) in [6.45, 7) is 0.841. The van der Waals surface area contributed by atoms with Crippen LogP contribution in [0.15, 0.2) is 47.5 Å². The fourth-order valence-corrected chi connectivity index (χ4v) is 3.41. The van der Waals surface area contributed by atoms with Crippen LogP contribution >= 0.6 is 23.4 Å². The topological polar surface area (TPSA) is 81.9 Å². The summed E-state index contributed by atoms with van der Waals surface area (Å²) >= 11 is 7.49. The fraction of sp³-hybridized carbons (Fsp3) is 0.158. The number of hydrogen-bond donors (Lipinski definition) is 3. The molecule has 1 aliphatic rings. The summed E-state index contributed by atoms with van der Waals surface area (Å²) in [4.78, 5) is 16.7. The van der Waals surface area contributed by atoms with Gasteiger partial charge in [0, 0.05) is 23.5 Å². The number of halogens is 1. The Morgan fingerprint density at radius 3 is 2.65 bits per heavy atom. The van der Waals surface area contributed by atoms with Crippen molar-refractivity contribution in [3.8, 4) is 11.5 Å². The van der Waals surface area contributed by atoms with Crippen LogP contribution in [0.5, 0.6) is 11.5 Å². The zero-order valence-corrected chi connectivity index (χ0v) is 15.3. The zero-order valence-electron chi connectivity index (χ0n) is 13.8. The lowest BCUT2D eigenvalue weighted by molar-refractivity contribution is 0.104. The van der Waals surface area contributed by atoms with E-state index in [1.807, 2.05) is 12.1 Å². The number of aliphatic imine (C=N–C) groups is 1. The normalized spacial score (nSPS) is 14.3. The maximum Gasteiger partial charge on any atom is 0.185 e. The molecule has 0 atom stereocenters. The van der Waals surface area contributed by atoms with E-state index < -0.39 is 0 Å². The van der Waals surface area contributed by atoms with Crippen LogP contribution in [0.1, 0.15) is 22.3 Å². The van der Waals surface area contributed by atoms with Crippen LogP contribution in [0, 0.1) is 0 Å². The van der Waals surface area contributed by atoms with Crippen molar-refractivity contribution in [3.63, 3.8) is 0 Å². The molecule has 1 heterocycles. The molecule has 2 aromatic carbocycles. The van der Waals surface area contributed by atoms with Crippen LogP contribution in [0.25, 0.3) is 6.08 Å². The Kier molecular flexibility index (Phi) is 5.85. The van der Waals surface area contributed by atoms with Gasteiger partial charge >= 0.3 is 0 Å². The number of thioether (sulfide) groups is 1. The molecule has 3 rings (SSSR count). The fourth-order valence-electron chi connectivity index (χ4n) is 2.35. The number of phenols is 2. The number of benzene rings is 2. The van der Waals surface area contributed by atoms with E-state index in [1.54, 1.807) is 23.9 Å². The van der Waals surface area contributed by atoms with Gasteiger partial charge in [0.05, 0.1) is 5.02 Å². The molecule has 5 nitrogen and oxygen atoms in total. The third-order valence-corrected chi connectivity index (χ3v) is 5.00. The number of nitrogens with one attached hydrogen (secondary N) is 1. The van der Waals surface area contributed by atoms with E-state index in [2.05, 4.69) is 10.3 Å². The molecule has 26 heavy (non-hydrogen) atoms. The Hall–Kier alpha value is -2.44. The quantitative estimate of drug-likeness (QED) is 0.406. The second kappa shape index (κ2) is 8.29. The Labute approximate surface area is 160 Å². The van der Waals surface area contributed by atoms with Crippen molar-refractivity contribution in [1.29, 1.82) is 0 Å². The highest BCUT2D eigenvalue weighted by Crippen LogP contribution is 2.34. The lowest BCUT2D eigenvalue weighted by Crippen LogP contribution is -2.13. The van der Waals surface area contributed by atoms with E-state index >= 15 is 0 Å². The molecule has 0 unspecified atom stereocenters. The first-order valence-corrected chi connectivity index (χ1v) is 9.37. The summed E-state index contributed by atoms with van der Waals surface area (Å²) in [6, 6.07) is 9.95. The molecule has 134 valence electrons. The largest absolute Gasteiger partial charge is 0.504 e. The number of aromatic hydroxyl groups is 2. The van der Waals surface area contributed by atoms with E-state index in [4.69, 9.17) is 11.6 Å². The smallest absolute Gasteiger partial charge is 0.185 e. The van der Waals surface area contributed by atoms with Gasteiger partial charge in [0.1, 0.15) is 0 Å². The first-order valence-electron chi connectivity index (χ1n) is 8.01. The average Bonchev–Trinajstić information content (AvgIpc) is 2.65. The number of rotatable bonds is 4. The molecule has 0 spiro atoms. The highest BCUT2D eigenvalue weighted by molar-refractivity contribution is 8.14. The minimum Gasteiger partial charge on any atom is -0.504 e. The van der Waals surface area contributed by atoms with Gasteiger partial charge in [-0.1, -0.05) is 29.4 Å². The Morgan fingerprint density at radius 2 is 2.00 bits per heavy atom. The number of nitrogens with zero attached hydrogens (tertiary/aromatic N) is 1. The van der Waals surface area contributed by atoms with Crippen LogP contribution in [0.2, 0.25) is 5.02 Å². The molecule has 0 aliphatic carbocycles. The van der Waals surface area contributed by atoms with Crippen molar-refractivity contribution in [2.45, 2.75) is 6.42 Å². The predicted octanol–water partition coefficient (Wildman–Crippen LogP) is 4.55. The lowest BCUT2D eigenvalue weighted by Gasteiger charge is -2.13. The number of hydrogen-bond acceptors (Lipinski definition) is 6. The van der Waals surface area contributed by atoms with Crippen LogP contribution in [-0.4, -0.2) is 33.5 Å². The van der Waals surface area contributed by atoms with Gasteiger partial charge in [-0.15, -0.1) is 0 Å². The summed E-state index contributed by atoms with van der Waals surface area (Å²) in [6.07, 6.45) is 4.03. The summed E-state index contributed by atoms with van der Waals surface area (Å²) < 4.78 is 0. The van der Waals surface area contributed by atoms with Crippen molar-refractivity contribution in [3.05, 3.63) is 58.6 Å². The molecule has 0 saturated carbocycles. The molecule has 7 heteroatoms. The number of phenolic OH excluding ortho intramolecular Hbond substituents is 2. The summed E-state index contributed by atoms with van der Waals surface area (Å²) in [5.41, 5.74) is 1.94. The van der Waals surface area contributed by atoms with Crippen molar-refractivity contribution in [1.82, 2.24) is 0 Å². The maximum atomic E-state index is 12.3. The van der Waals surface area contributed by atoms with Crippen molar-refractivity contribution < 1.29 is 15.0 Å². The molecular formula is C19H17ClN2O3S. The van der Waals surface area contributed by atoms with E-state index in [0.29, 0.717) is 11.1 Å². The highest BCUT2D eigenvalue weighted by atomic mass is 35.5. The number of ketones is 1. The molecule has 0 fully saturated rings. The van der Waals surface area contributed by atoms with Crippen molar-refractivity contribution in [2.24, 2.45) is 4.99 Å². The van der Waals surface area contributed by atoms with Gasteiger partial charge in [0.25, 0.3) is 0 Å². The van der Waals surface area contributed by atoms with Gasteiger partial charge in [0.15, 0.2) is 22.4 Å². The third-order valence-electron chi connectivity index (χ3n) is 3.71. The summed E-state index contributed by atoms with van der Waals surface area (Å²) in [5.74, 6) is 0.177. The first-order chi connectivity index (χ1) is 12.5. The molecule has 0 bridgehead atoms. The van der Waals surface area contributed by atoms with Crippen LogP contribution in [0.4, 0.5) is 5.69 Å². The van der Waals surface area contributed by atoms with Gasteiger partial charge in [-0.05, 0) is 54.5 Å². The number of allylic oxidation sites excluding steroid dienone is 1. The summed E-state index contributed by atoms with van der Waals surface area (Å²) in [7, 11) is 0. The van der Waals surface area contributed by atoms with Gasteiger partial charge in [-0.3, -0.25) is 9.79 Å². The molecular weight excluding hydrogens is 372 g/mol. The van der Waals surface area contributed by atoms with Crippen LogP contribution < -0.4 is 5.32 Å². The highest BCUT2D eigenvalue weighted by Gasteiger charge is 2.08. The van der Waals surface area contributed by atoms with E-state index in [-0.39, 0.29) is 22.3 Å². The van der Waals surface area contributed by atoms with Crippen molar-refractivity contribution in [2.75, 3.05) is 17.6 Å². The minimum absolute atomic E-state index is 0.0241. The van der Waals surface area contributed by atoms with E-state index in [9.17, 15) is 15.0 Å². The Morgan fingerprint density at radius 1 is 1.23 bits per heavy atom. The molecule has 2 aromatic rings. The summed E-state index contributed by atoms with van der Waals surface area (Å²) in [5, 5.41) is 23.2. The third kappa shape index (κ3) is 4.59. The van der Waals surface area contributed by atoms with Crippen LogP contribution in [-0.2, 0) is 0 Å². The predicted molar refractivity (Wildman–Crippen MR) is 108 cm³/mol. The molecule has 0 saturated heterocycles. The molecule has 1 aliphatic heterocycles. The van der Waals surface area contributed by atoms with Crippen molar-refractivity contribution >= 4 is 46.1 Å². The SMILES string of the molecule is O=C(/C=C/c1cc(O)c(O)c(Cl)c1)c1ccc(NC2=NCCCS2)cc1. The number of amidine groups is 1. The average molecular weight is 389 g/mol. The zero-order chi connectivity index (χ0) is 18.5. The standard InChI is InChI=1S/C19H17ClN2O3S/c20-15-10-12(11-17(24)18(15)25)2-7-16(23)13-3-5-14(6-4-13)22-19-21-8-1-9-26-19/h2-7,10-11,24-25H,1,8-9H2,(H,21,22)/b7-2+.